The molecule has 0 aliphatic carbocycles. The smallest absolute Gasteiger partial charge is 0.165 e. The van der Waals surface area contributed by atoms with Gasteiger partial charge in [0, 0.05) is 29.5 Å². The van der Waals surface area contributed by atoms with E-state index in [0.717, 1.165) is 28.5 Å². The van der Waals surface area contributed by atoms with Gasteiger partial charge in [0.2, 0.25) is 0 Å². The molecule has 0 amide bonds. The van der Waals surface area contributed by atoms with Gasteiger partial charge in [0.15, 0.2) is 11.6 Å². The summed E-state index contributed by atoms with van der Waals surface area (Å²) in [7, 11) is 1.51. The molecule has 1 atom stereocenters. The van der Waals surface area contributed by atoms with Gasteiger partial charge in [-0.1, -0.05) is 0 Å². The Morgan fingerprint density at radius 2 is 2.17 bits per heavy atom. The number of methoxy groups -OCH3 is 1. The lowest BCUT2D eigenvalue weighted by molar-refractivity contribution is 0.193. The maximum Gasteiger partial charge on any atom is 0.165 e. The van der Waals surface area contributed by atoms with E-state index in [1.54, 1.807) is 16.9 Å². The zero-order chi connectivity index (χ0) is 20.0. The van der Waals surface area contributed by atoms with E-state index in [9.17, 15) is 4.39 Å². The molecule has 0 saturated carbocycles. The highest BCUT2D eigenvalue weighted by atomic mass is 19.1. The van der Waals surface area contributed by atoms with Crippen LogP contribution in [-0.2, 0) is 4.74 Å². The second-order valence-electron chi connectivity index (χ2n) is 7.23. The minimum Gasteiger partial charge on any atom is -0.494 e. The van der Waals surface area contributed by atoms with Crippen LogP contribution in [0.4, 0.5) is 4.39 Å². The van der Waals surface area contributed by atoms with Crippen molar-refractivity contribution in [3.8, 4) is 22.8 Å². The first-order valence-corrected chi connectivity index (χ1v) is 9.47. The van der Waals surface area contributed by atoms with Crippen molar-refractivity contribution >= 4 is 10.9 Å². The lowest BCUT2D eigenvalue weighted by atomic mass is 10.1. The number of ether oxygens (including phenoxy) is 2. The summed E-state index contributed by atoms with van der Waals surface area (Å²) < 4.78 is 26.5. The van der Waals surface area contributed by atoms with Crippen molar-refractivity contribution in [3.05, 3.63) is 53.7 Å². The molecule has 3 heterocycles. The molecular weight excluding hydrogens is 373 g/mol. The number of H-pyrrole nitrogens is 1. The predicted octanol–water partition coefficient (Wildman–Crippen LogP) is 3.77. The SMILES string of the molecule is COc1cc(F)ccc1-n1nc(C2CCOC2)nc1-c1cc(C)cc2cn[nH]c12. The Morgan fingerprint density at radius 1 is 1.28 bits per heavy atom. The summed E-state index contributed by atoms with van der Waals surface area (Å²) in [6.45, 7) is 3.32. The summed E-state index contributed by atoms with van der Waals surface area (Å²) in [4.78, 5) is 4.88. The molecule has 1 N–H and O–H groups in total. The molecule has 5 rings (SSSR count). The molecule has 1 aliphatic heterocycles. The van der Waals surface area contributed by atoms with Crippen LogP contribution in [0.15, 0.2) is 36.5 Å². The van der Waals surface area contributed by atoms with E-state index in [1.807, 2.05) is 13.0 Å². The number of aromatic amines is 1. The molecule has 29 heavy (non-hydrogen) atoms. The van der Waals surface area contributed by atoms with Gasteiger partial charge in [-0.2, -0.15) is 10.2 Å². The van der Waals surface area contributed by atoms with Gasteiger partial charge in [-0.15, -0.1) is 0 Å². The monoisotopic (exact) mass is 393 g/mol. The van der Waals surface area contributed by atoms with Gasteiger partial charge in [0.1, 0.15) is 17.3 Å². The molecular formula is C21H20FN5O2. The quantitative estimate of drug-likeness (QED) is 0.571. The number of aromatic nitrogens is 5. The van der Waals surface area contributed by atoms with Crippen molar-refractivity contribution in [2.45, 2.75) is 19.3 Å². The first kappa shape index (κ1) is 17.8. The van der Waals surface area contributed by atoms with Crippen molar-refractivity contribution in [1.82, 2.24) is 25.0 Å². The van der Waals surface area contributed by atoms with Crippen molar-refractivity contribution in [2.75, 3.05) is 20.3 Å². The third-order valence-electron chi connectivity index (χ3n) is 5.22. The lowest BCUT2D eigenvalue weighted by Crippen LogP contribution is -2.05. The van der Waals surface area contributed by atoms with Gasteiger partial charge < -0.3 is 9.47 Å². The Bertz CT molecular complexity index is 1190. The van der Waals surface area contributed by atoms with Crippen LogP contribution < -0.4 is 4.74 Å². The number of rotatable bonds is 4. The number of hydrogen-bond donors (Lipinski definition) is 1. The van der Waals surface area contributed by atoms with Crippen molar-refractivity contribution < 1.29 is 13.9 Å². The van der Waals surface area contributed by atoms with E-state index in [4.69, 9.17) is 19.6 Å². The maximum absolute atomic E-state index is 13.8. The molecule has 1 fully saturated rings. The molecule has 1 saturated heterocycles. The number of nitrogens with one attached hydrogen (secondary N) is 1. The minimum atomic E-state index is -0.372. The predicted molar refractivity (Wildman–Crippen MR) is 106 cm³/mol. The third-order valence-corrected chi connectivity index (χ3v) is 5.22. The van der Waals surface area contributed by atoms with E-state index in [-0.39, 0.29) is 11.7 Å². The van der Waals surface area contributed by atoms with Crippen molar-refractivity contribution in [3.63, 3.8) is 0 Å². The van der Waals surface area contributed by atoms with E-state index in [1.165, 1.54) is 19.2 Å². The van der Waals surface area contributed by atoms with Gasteiger partial charge in [0.05, 0.1) is 25.4 Å². The molecule has 8 heteroatoms. The number of fused-ring (bicyclic) bond motifs is 1. The molecule has 0 spiro atoms. The van der Waals surface area contributed by atoms with Crippen molar-refractivity contribution in [2.24, 2.45) is 0 Å². The van der Waals surface area contributed by atoms with Crippen LogP contribution in [0.5, 0.6) is 5.75 Å². The molecule has 2 aromatic carbocycles. The summed E-state index contributed by atoms with van der Waals surface area (Å²) in [6.07, 6.45) is 2.66. The fraction of sp³-hybridized carbons (Fsp3) is 0.286. The molecule has 1 aliphatic rings. The summed E-state index contributed by atoms with van der Waals surface area (Å²) in [5.41, 5.74) is 3.46. The van der Waals surface area contributed by atoms with Crippen LogP contribution in [0, 0.1) is 12.7 Å². The Kier molecular flexibility index (Phi) is 4.28. The standard InChI is InChI=1S/C21H20FN5O2/c1-12-7-14-10-23-25-19(14)16(8-12)21-24-20(13-5-6-29-11-13)26-27(21)17-4-3-15(22)9-18(17)28-2/h3-4,7-10,13H,5-6,11H2,1-2H3,(H,23,25). The fourth-order valence-electron chi connectivity index (χ4n) is 3.79. The van der Waals surface area contributed by atoms with Gasteiger partial charge in [0.25, 0.3) is 0 Å². The Hall–Kier alpha value is -3.26. The number of hydrogen-bond acceptors (Lipinski definition) is 5. The van der Waals surface area contributed by atoms with Gasteiger partial charge >= 0.3 is 0 Å². The van der Waals surface area contributed by atoms with E-state index in [0.29, 0.717) is 36.3 Å². The highest BCUT2D eigenvalue weighted by Gasteiger charge is 2.26. The highest BCUT2D eigenvalue weighted by Crippen LogP contribution is 2.34. The van der Waals surface area contributed by atoms with Gasteiger partial charge in [-0.05, 0) is 43.2 Å². The number of aryl methyl sites for hydroxylation is 1. The molecule has 1 unspecified atom stereocenters. The molecule has 0 bridgehead atoms. The fourth-order valence-corrected chi connectivity index (χ4v) is 3.79. The number of halogens is 1. The first-order chi connectivity index (χ1) is 14.1. The molecule has 0 radical (unpaired) electrons. The minimum absolute atomic E-state index is 0.128. The van der Waals surface area contributed by atoms with Crippen LogP contribution in [0.25, 0.3) is 28.0 Å². The topological polar surface area (TPSA) is 77.8 Å². The van der Waals surface area contributed by atoms with Crippen LogP contribution in [0.3, 0.4) is 0 Å². The molecule has 4 aromatic rings. The molecule has 148 valence electrons. The second kappa shape index (κ2) is 6.97. The Labute approximate surface area is 166 Å². The van der Waals surface area contributed by atoms with Crippen LogP contribution in [-0.4, -0.2) is 45.3 Å². The van der Waals surface area contributed by atoms with Crippen LogP contribution in [0.2, 0.25) is 0 Å². The summed E-state index contributed by atoms with van der Waals surface area (Å²) in [5, 5.41) is 13.0. The zero-order valence-corrected chi connectivity index (χ0v) is 16.1. The van der Waals surface area contributed by atoms with Crippen LogP contribution in [0.1, 0.15) is 23.7 Å². The normalized spacial score (nSPS) is 16.6. The first-order valence-electron chi connectivity index (χ1n) is 9.47. The lowest BCUT2D eigenvalue weighted by Gasteiger charge is -2.11. The molecule has 2 aromatic heterocycles. The van der Waals surface area contributed by atoms with Gasteiger partial charge in [-0.3, -0.25) is 5.10 Å². The summed E-state index contributed by atoms with van der Waals surface area (Å²) >= 11 is 0. The van der Waals surface area contributed by atoms with Crippen molar-refractivity contribution in [1.29, 1.82) is 0 Å². The van der Waals surface area contributed by atoms with Gasteiger partial charge in [-0.25, -0.2) is 14.1 Å². The summed E-state index contributed by atoms with van der Waals surface area (Å²) in [5.74, 6) is 1.50. The maximum atomic E-state index is 13.8. The largest absolute Gasteiger partial charge is 0.494 e. The average molecular weight is 393 g/mol. The van der Waals surface area contributed by atoms with Crippen LogP contribution >= 0.6 is 0 Å². The third kappa shape index (κ3) is 3.05. The van der Waals surface area contributed by atoms with E-state index in [2.05, 4.69) is 16.3 Å². The Balaban J connectivity index is 1.77. The zero-order valence-electron chi connectivity index (χ0n) is 16.1. The second-order valence-corrected chi connectivity index (χ2v) is 7.23. The highest BCUT2D eigenvalue weighted by molar-refractivity contribution is 5.92. The average Bonchev–Trinajstić information content (AvgIpc) is 3.46. The summed E-state index contributed by atoms with van der Waals surface area (Å²) in [6, 6.07) is 8.51. The van der Waals surface area contributed by atoms with E-state index >= 15 is 0 Å². The molecule has 7 nitrogen and oxygen atoms in total. The number of benzene rings is 2. The number of nitrogens with zero attached hydrogens (tertiary/aromatic N) is 4. The Morgan fingerprint density at radius 3 is 2.97 bits per heavy atom. The van der Waals surface area contributed by atoms with E-state index < -0.39 is 0 Å².